The Bertz CT molecular complexity index is 302. The van der Waals surface area contributed by atoms with Gasteiger partial charge in [0.1, 0.15) is 5.75 Å². The summed E-state index contributed by atoms with van der Waals surface area (Å²) in [6, 6.07) is 1.95. The number of pyridine rings is 1. The summed E-state index contributed by atoms with van der Waals surface area (Å²) in [7, 11) is 0. The Labute approximate surface area is 96.6 Å². The van der Waals surface area contributed by atoms with Crippen LogP contribution >= 0.6 is 11.6 Å². The Morgan fingerprint density at radius 2 is 2.20 bits per heavy atom. The van der Waals surface area contributed by atoms with E-state index in [0.29, 0.717) is 5.88 Å². The lowest BCUT2D eigenvalue weighted by Crippen LogP contribution is -2.00. The van der Waals surface area contributed by atoms with Crippen LogP contribution in [0.4, 0.5) is 0 Å². The van der Waals surface area contributed by atoms with Crippen LogP contribution in [0.15, 0.2) is 12.3 Å². The molecule has 0 radical (unpaired) electrons. The number of halogens is 1. The van der Waals surface area contributed by atoms with Gasteiger partial charge in [-0.15, -0.1) is 11.6 Å². The SMILES string of the molecule is CCCCCOc1cc(C)ncc1CCl. The molecule has 0 aliphatic heterocycles. The Kier molecular flexibility index (Phi) is 5.48. The highest BCUT2D eigenvalue weighted by Gasteiger charge is 2.03. The van der Waals surface area contributed by atoms with E-state index in [2.05, 4.69) is 11.9 Å². The maximum atomic E-state index is 5.80. The molecule has 0 N–H and O–H groups in total. The summed E-state index contributed by atoms with van der Waals surface area (Å²) >= 11 is 5.80. The molecule has 0 saturated carbocycles. The Morgan fingerprint density at radius 1 is 1.40 bits per heavy atom. The van der Waals surface area contributed by atoms with E-state index in [0.717, 1.165) is 30.0 Å². The fraction of sp³-hybridized carbons (Fsp3) is 0.583. The van der Waals surface area contributed by atoms with Gasteiger partial charge in [0.2, 0.25) is 0 Å². The zero-order valence-corrected chi connectivity index (χ0v) is 10.2. The zero-order chi connectivity index (χ0) is 11.1. The molecule has 1 aromatic rings. The van der Waals surface area contributed by atoms with Crippen molar-refractivity contribution >= 4 is 11.6 Å². The summed E-state index contributed by atoms with van der Waals surface area (Å²) in [5.41, 5.74) is 1.94. The van der Waals surface area contributed by atoms with Gasteiger partial charge in [-0.2, -0.15) is 0 Å². The summed E-state index contributed by atoms with van der Waals surface area (Å²) < 4.78 is 5.69. The van der Waals surface area contributed by atoms with E-state index in [1.165, 1.54) is 12.8 Å². The highest BCUT2D eigenvalue weighted by atomic mass is 35.5. The summed E-state index contributed by atoms with van der Waals surface area (Å²) in [6.07, 6.45) is 5.30. The fourth-order valence-corrected chi connectivity index (χ4v) is 1.53. The molecule has 3 heteroatoms. The van der Waals surface area contributed by atoms with Crippen LogP contribution in [0.3, 0.4) is 0 Å². The second-order valence-electron chi connectivity index (χ2n) is 3.62. The second kappa shape index (κ2) is 6.67. The van der Waals surface area contributed by atoms with Crippen molar-refractivity contribution < 1.29 is 4.74 Å². The van der Waals surface area contributed by atoms with E-state index in [1.54, 1.807) is 6.20 Å². The summed E-state index contributed by atoms with van der Waals surface area (Å²) in [4.78, 5) is 4.19. The first-order valence-electron chi connectivity index (χ1n) is 5.42. The number of nitrogens with zero attached hydrogens (tertiary/aromatic N) is 1. The molecule has 15 heavy (non-hydrogen) atoms. The molecule has 1 rings (SSSR count). The van der Waals surface area contributed by atoms with Gasteiger partial charge >= 0.3 is 0 Å². The molecule has 0 bridgehead atoms. The molecule has 0 unspecified atom stereocenters. The van der Waals surface area contributed by atoms with E-state index in [9.17, 15) is 0 Å². The van der Waals surface area contributed by atoms with Crippen molar-refractivity contribution in [1.82, 2.24) is 4.98 Å². The predicted molar refractivity (Wildman–Crippen MR) is 63.6 cm³/mol. The molecule has 0 atom stereocenters. The van der Waals surface area contributed by atoms with Crippen molar-refractivity contribution in [3.8, 4) is 5.75 Å². The molecule has 0 aromatic carbocycles. The van der Waals surface area contributed by atoms with Crippen molar-refractivity contribution in [3.05, 3.63) is 23.5 Å². The van der Waals surface area contributed by atoms with Crippen LogP contribution in [0.25, 0.3) is 0 Å². The zero-order valence-electron chi connectivity index (χ0n) is 9.42. The number of hydrogen-bond acceptors (Lipinski definition) is 2. The molecule has 1 aromatic heterocycles. The van der Waals surface area contributed by atoms with E-state index < -0.39 is 0 Å². The number of aromatic nitrogens is 1. The fourth-order valence-electron chi connectivity index (χ4n) is 1.33. The van der Waals surface area contributed by atoms with Gasteiger partial charge in [-0.25, -0.2) is 0 Å². The van der Waals surface area contributed by atoms with Gasteiger partial charge in [0.25, 0.3) is 0 Å². The van der Waals surface area contributed by atoms with Gasteiger partial charge in [-0.05, 0) is 13.3 Å². The van der Waals surface area contributed by atoms with Crippen LogP contribution in [0.1, 0.15) is 37.4 Å². The molecule has 0 amide bonds. The third-order valence-corrected chi connectivity index (χ3v) is 2.52. The van der Waals surface area contributed by atoms with Crippen LogP contribution in [-0.4, -0.2) is 11.6 Å². The van der Waals surface area contributed by atoms with Crippen molar-refractivity contribution in [3.63, 3.8) is 0 Å². The molecule has 0 spiro atoms. The molecule has 0 aliphatic rings. The minimum Gasteiger partial charge on any atom is -0.493 e. The van der Waals surface area contributed by atoms with Crippen molar-refractivity contribution in [2.45, 2.75) is 39.0 Å². The van der Waals surface area contributed by atoms with Crippen LogP contribution in [0, 0.1) is 6.92 Å². The van der Waals surface area contributed by atoms with Crippen molar-refractivity contribution in [2.24, 2.45) is 0 Å². The van der Waals surface area contributed by atoms with E-state index >= 15 is 0 Å². The highest BCUT2D eigenvalue weighted by molar-refractivity contribution is 6.17. The van der Waals surface area contributed by atoms with E-state index in [-0.39, 0.29) is 0 Å². The molecular weight excluding hydrogens is 210 g/mol. The number of aryl methyl sites for hydroxylation is 1. The topological polar surface area (TPSA) is 22.1 Å². The lowest BCUT2D eigenvalue weighted by Gasteiger charge is -2.09. The highest BCUT2D eigenvalue weighted by Crippen LogP contribution is 2.20. The Hall–Kier alpha value is -0.760. The molecular formula is C12H18ClNO. The second-order valence-corrected chi connectivity index (χ2v) is 3.89. The normalized spacial score (nSPS) is 10.3. The van der Waals surface area contributed by atoms with Crippen LogP contribution in [0.5, 0.6) is 5.75 Å². The van der Waals surface area contributed by atoms with E-state index in [1.807, 2.05) is 13.0 Å². The van der Waals surface area contributed by atoms with Crippen LogP contribution < -0.4 is 4.74 Å². The van der Waals surface area contributed by atoms with Gasteiger partial charge in [0, 0.05) is 23.5 Å². The van der Waals surface area contributed by atoms with Gasteiger partial charge < -0.3 is 4.74 Å². The van der Waals surface area contributed by atoms with Crippen LogP contribution in [0.2, 0.25) is 0 Å². The molecule has 0 fully saturated rings. The summed E-state index contributed by atoms with van der Waals surface area (Å²) in [6.45, 7) is 4.90. The Morgan fingerprint density at radius 3 is 2.87 bits per heavy atom. The first-order valence-corrected chi connectivity index (χ1v) is 5.95. The third-order valence-electron chi connectivity index (χ3n) is 2.23. The lowest BCUT2D eigenvalue weighted by molar-refractivity contribution is 0.303. The van der Waals surface area contributed by atoms with Gasteiger partial charge in [0.05, 0.1) is 12.5 Å². The maximum absolute atomic E-state index is 5.80. The first kappa shape index (κ1) is 12.3. The van der Waals surface area contributed by atoms with Crippen LogP contribution in [-0.2, 0) is 5.88 Å². The van der Waals surface area contributed by atoms with Gasteiger partial charge in [-0.3, -0.25) is 4.98 Å². The standard InChI is InChI=1S/C12H18ClNO/c1-3-4-5-6-15-12-7-10(2)14-9-11(12)8-13/h7,9H,3-6,8H2,1-2H3. The molecule has 84 valence electrons. The molecule has 0 saturated heterocycles. The summed E-state index contributed by atoms with van der Waals surface area (Å²) in [5.74, 6) is 1.34. The monoisotopic (exact) mass is 227 g/mol. The number of alkyl halides is 1. The lowest BCUT2D eigenvalue weighted by atomic mass is 10.2. The number of hydrogen-bond donors (Lipinski definition) is 0. The van der Waals surface area contributed by atoms with Crippen molar-refractivity contribution in [1.29, 1.82) is 0 Å². The average molecular weight is 228 g/mol. The average Bonchev–Trinajstić information content (AvgIpc) is 2.25. The predicted octanol–water partition coefficient (Wildman–Crippen LogP) is 3.70. The number of ether oxygens (including phenoxy) is 1. The Balaban J connectivity index is 2.54. The minimum absolute atomic E-state index is 0.455. The number of unbranched alkanes of at least 4 members (excludes halogenated alkanes) is 2. The smallest absolute Gasteiger partial charge is 0.127 e. The molecule has 2 nitrogen and oxygen atoms in total. The molecule has 1 heterocycles. The largest absolute Gasteiger partial charge is 0.493 e. The minimum atomic E-state index is 0.455. The number of rotatable bonds is 6. The molecule has 0 aliphatic carbocycles. The van der Waals surface area contributed by atoms with E-state index in [4.69, 9.17) is 16.3 Å². The summed E-state index contributed by atoms with van der Waals surface area (Å²) in [5, 5.41) is 0. The van der Waals surface area contributed by atoms with Gasteiger partial charge in [0.15, 0.2) is 0 Å². The quantitative estimate of drug-likeness (QED) is 0.546. The third kappa shape index (κ3) is 4.08. The van der Waals surface area contributed by atoms with Gasteiger partial charge in [-0.1, -0.05) is 19.8 Å². The van der Waals surface area contributed by atoms with Crippen molar-refractivity contribution in [2.75, 3.05) is 6.61 Å². The maximum Gasteiger partial charge on any atom is 0.127 e. The first-order chi connectivity index (χ1) is 7.27.